The topological polar surface area (TPSA) is 42.3 Å². The molecule has 0 aliphatic carbocycles. The standard InChI is InChI=1S/C58H64N4O/c1-55(2,3)40-23-27-51(50(33-40)60-44-31-39(38-18-15-14-16-19-38)30-43(32-44)58(10,11)12)61(13)45-20-17-21-46(36-45)63-47-24-26-49-48-25-22-41(56(4,5)6)34-52(48)62(53(49)37-47)54-35-42(28-29-59-54)57(7,8)9/h14-37,60H,1-13H3. The first kappa shape index (κ1) is 43.3. The Morgan fingerprint density at radius 3 is 1.78 bits per heavy atom. The van der Waals surface area contributed by atoms with Crippen LogP contribution in [-0.4, -0.2) is 16.6 Å². The van der Waals surface area contributed by atoms with Crippen LogP contribution in [0.4, 0.5) is 22.7 Å². The van der Waals surface area contributed by atoms with Crippen molar-refractivity contribution in [3.8, 4) is 28.4 Å². The Morgan fingerprint density at radius 2 is 1.10 bits per heavy atom. The van der Waals surface area contributed by atoms with Crippen molar-refractivity contribution in [2.45, 2.75) is 105 Å². The van der Waals surface area contributed by atoms with E-state index in [0.717, 1.165) is 56.5 Å². The molecule has 0 atom stereocenters. The molecule has 5 nitrogen and oxygen atoms in total. The maximum atomic E-state index is 6.77. The van der Waals surface area contributed by atoms with Gasteiger partial charge in [-0.05, 0) is 122 Å². The minimum absolute atomic E-state index is 0.00268. The number of benzene rings is 6. The number of anilines is 4. The number of hydrogen-bond acceptors (Lipinski definition) is 4. The highest BCUT2D eigenvalue weighted by atomic mass is 16.5. The lowest BCUT2D eigenvalue weighted by atomic mass is 9.84. The van der Waals surface area contributed by atoms with Gasteiger partial charge in [0.05, 0.1) is 22.4 Å². The first-order valence-electron chi connectivity index (χ1n) is 22.3. The van der Waals surface area contributed by atoms with Crippen LogP contribution < -0.4 is 15.0 Å². The van der Waals surface area contributed by atoms with Crippen LogP contribution in [0.3, 0.4) is 0 Å². The fourth-order valence-corrected chi connectivity index (χ4v) is 8.29. The van der Waals surface area contributed by atoms with E-state index in [2.05, 4.69) is 238 Å². The van der Waals surface area contributed by atoms with Gasteiger partial charge in [-0.25, -0.2) is 4.98 Å². The van der Waals surface area contributed by atoms with Crippen molar-refractivity contribution in [2.24, 2.45) is 0 Å². The Balaban J connectivity index is 1.17. The van der Waals surface area contributed by atoms with Gasteiger partial charge in [0.2, 0.25) is 0 Å². The molecule has 1 N–H and O–H groups in total. The van der Waals surface area contributed by atoms with Crippen LogP contribution in [-0.2, 0) is 21.7 Å². The summed E-state index contributed by atoms with van der Waals surface area (Å²) in [6.45, 7) is 27.2. The van der Waals surface area contributed by atoms with Gasteiger partial charge in [0.25, 0.3) is 0 Å². The smallest absolute Gasteiger partial charge is 0.137 e. The zero-order valence-corrected chi connectivity index (χ0v) is 39.6. The van der Waals surface area contributed by atoms with E-state index in [1.807, 2.05) is 12.3 Å². The highest BCUT2D eigenvalue weighted by Crippen LogP contribution is 2.41. The summed E-state index contributed by atoms with van der Waals surface area (Å²) in [5, 5.41) is 6.26. The Hall–Kier alpha value is -6.33. The summed E-state index contributed by atoms with van der Waals surface area (Å²) >= 11 is 0. The zero-order chi connectivity index (χ0) is 45.1. The lowest BCUT2D eigenvalue weighted by Crippen LogP contribution is -2.15. The molecule has 2 heterocycles. The van der Waals surface area contributed by atoms with E-state index in [-0.39, 0.29) is 21.7 Å². The average Bonchev–Trinajstić information content (AvgIpc) is 3.55. The second-order valence-corrected chi connectivity index (χ2v) is 21.3. The summed E-state index contributed by atoms with van der Waals surface area (Å²) in [6, 6.07) is 50.4. The number of aromatic nitrogens is 2. The molecule has 0 radical (unpaired) electrons. The summed E-state index contributed by atoms with van der Waals surface area (Å²) in [6.07, 6.45) is 1.94. The van der Waals surface area contributed by atoms with Gasteiger partial charge in [0.1, 0.15) is 17.3 Å². The van der Waals surface area contributed by atoms with Gasteiger partial charge in [0.15, 0.2) is 0 Å². The predicted molar refractivity (Wildman–Crippen MR) is 270 cm³/mol. The molecule has 0 spiro atoms. The first-order chi connectivity index (χ1) is 29.6. The third-order valence-electron chi connectivity index (χ3n) is 12.3. The molecule has 0 saturated heterocycles. The van der Waals surface area contributed by atoms with E-state index >= 15 is 0 Å². The minimum atomic E-state index is -0.0309. The van der Waals surface area contributed by atoms with E-state index in [0.29, 0.717) is 0 Å². The summed E-state index contributed by atoms with van der Waals surface area (Å²) in [7, 11) is 2.13. The second-order valence-electron chi connectivity index (χ2n) is 21.3. The molecule has 63 heavy (non-hydrogen) atoms. The zero-order valence-electron chi connectivity index (χ0n) is 39.6. The van der Waals surface area contributed by atoms with Gasteiger partial charge in [0, 0.05) is 47.5 Å². The van der Waals surface area contributed by atoms with Crippen molar-refractivity contribution < 1.29 is 4.74 Å². The van der Waals surface area contributed by atoms with Crippen LogP contribution in [0.25, 0.3) is 38.8 Å². The molecule has 8 rings (SSSR count). The van der Waals surface area contributed by atoms with Gasteiger partial charge in [-0.15, -0.1) is 0 Å². The Bertz CT molecular complexity index is 2950. The van der Waals surface area contributed by atoms with Gasteiger partial charge >= 0.3 is 0 Å². The van der Waals surface area contributed by atoms with Crippen molar-refractivity contribution in [3.05, 3.63) is 168 Å². The third-order valence-corrected chi connectivity index (χ3v) is 12.3. The maximum Gasteiger partial charge on any atom is 0.137 e. The molecule has 0 bridgehead atoms. The molecule has 8 aromatic rings. The summed E-state index contributed by atoms with van der Waals surface area (Å²) < 4.78 is 9.08. The first-order valence-corrected chi connectivity index (χ1v) is 22.3. The normalized spacial score (nSPS) is 12.5. The highest BCUT2D eigenvalue weighted by Gasteiger charge is 2.23. The molecule has 2 aromatic heterocycles. The van der Waals surface area contributed by atoms with E-state index in [9.17, 15) is 0 Å². The van der Waals surface area contributed by atoms with Crippen molar-refractivity contribution in [1.29, 1.82) is 0 Å². The number of ether oxygens (including phenoxy) is 1. The average molecular weight is 833 g/mol. The molecule has 0 aliphatic heterocycles. The number of pyridine rings is 1. The van der Waals surface area contributed by atoms with Gasteiger partial charge in [-0.3, -0.25) is 4.57 Å². The Kier molecular flexibility index (Phi) is 11.1. The van der Waals surface area contributed by atoms with E-state index in [1.54, 1.807) is 0 Å². The van der Waals surface area contributed by atoms with Crippen LogP contribution >= 0.6 is 0 Å². The Labute approximate surface area is 375 Å². The molecule has 6 aromatic carbocycles. The molecular formula is C58H64N4O. The molecule has 0 fully saturated rings. The highest BCUT2D eigenvalue weighted by molar-refractivity contribution is 6.09. The van der Waals surface area contributed by atoms with Crippen molar-refractivity contribution in [1.82, 2.24) is 9.55 Å². The molecule has 322 valence electrons. The quantitative estimate of drug-likeness (QED) is 0.166. The van der Waals surface area contributed by atoms with Crippen molar-refractivity contribution >= 4 is 44.6 Å². The molecule has 0 aliphatic rings. The van der Waals surface area contributed by atoms with Crippen LogP contribution in [0.1, 0.15) is 105 Å². The molecule has 0 amide bonds. The van der Waals surface area contributed by atoms with Gasteiger partial charge < -0.3 is 15.0 Å². The molecule has 5 heteroatoms. The van der Waals surface area contributed by atoms with Gasteiger partial charge in [-0.1, -0.05) is 144 Å². The minimum Gasteiger partial charge on any atom is -0.457 e. The monoisotopic (exact) mass is 833 g/mol. The van der Waals surface area contributed by atoms with Crippen molar-refractivity contribution in [3.63, 3.8) is 0 Å². The second kappa shape index (κ2) is 16.1. The SMILES string of the molecule is CN(c1cccc(Oc2ccc3c4ccc(C(C)(C)C)cc4n(-c4cc(C(C)(C)C)ccn4)c3c2)c1)c1ccc(C(C)(C)C)cc1Nc1cc(-c2ccccc2)cc(C(C)(C)C)c1. The lowest BCUT2D eigenvalue weighted by Gasteiger charge is -2.28. The Morgan fingerprint density at radius 1 is 0.492 bits per heavy atom. The van der Waals surface area contributed by atoms with E-state index < -0.39 is 0 Å². The lowest BCUT2D eigenvalue weighted by molar-refractivity contribution is 0.483. The van der Waals surface area contributed by atoms with Crippen molar-refractivity contribution in [2.75, 3.05) is 17.3 Å². The van der Waals surface area contributed by atoms with Crippen LogP contribution in [0.15, 0.2) is 146 Å². The van der Waals surface area contributed by atoms with Crippen LogP contribution in [0.2, 0.25) is 0 Å². The summed E-state index contributed by atoms with van der Waals surface area (Å²) in [4.78, 5) is 7.20. The fraction of sp³-hybridized carbons (Fsp3) is 0.293. The summed E-state index contributed by atoms with van der Waals surface area (Å²) in [5.74, 6) is 2.42. The largest absolute Gasteiger partial charge is 0.457 e. The molecule has 0 saturated carbocycles. The van der Waals surface area contributed by atoms with Gasteiger partial charge in [-0.2, -0.15) is 0 Å². The predicted octanol–water partition coefficient (Wildman–Crippen LogP) is 16.3. The third kappa shape index (κ3) is 9.11. The number of fused-ring (bicyclic) bond motifs is 3. The fourth-order valence-electron chi connectivity index (χ4n) is 8.29. The van der Waals surface area contributed by atoms with Crippen LogP contribution in [0, 0.1) is 0 Å². The summed E-state index contributed by atoms with van der Waals surface area (Å²) in [5.41, 5.74) is 13.7. The maximum absolute atomic E-state index is 6.77. The van der Waals surface area contributed by atoms with Crippen LogP contribution in [0.5, 0.6) is 11.5 Å². The number of rotatable bonds is 8. The molecule has 0 unspecified atom stereocenters. The van der Waals surface area contributed by atoms with E-state index in [1.165, 1.54) is 38.8 Å². The van der Waals surface area contributed by atoms with E-state index in [4.69, 9.17) is 9.72 Å². The number of hydrogen-bond donors (Lipinski definition) is 1. The number of nitrogens with zero attached hydrogens (tertiary/aromatic N) is 3. The molecular weight excluding hydrogens is 769 g/mol. The number of nitrogens with one attached hydrogen (secondary N) is 1.